The van der Waals surface area contributed by atoms with Crippen LogP contribution in [0.5, 0.6) is 5.75 Å². The number of amides is 1. The molecule has 1 amide bonds. The molecule has 0 aliphatic rings. The molecule has 0 bridgehead atoms. The number of ether oxygens (including phenoxy) is 1. The van der Waals surface area contributed by atoms with Gasteiger partial charge in [-0.25, -0.2) is 0 Å². The highest BCUT2D eigenvalue weighted by Crippen LogP contribution is 2.22. The van der Waals surface area contributed by atoms with Crippen molar-refractivity contribution in [3.8, 4) is 17.1 Å². The first-order valence-corrected chi connectivity index (χ1v) is 10.2. The number of benzene rings is 2. The summed E-state index contributed by atoms with van der Waals surface area (Å²) in [4.78, 5) is 12.4. The molecule has 0 aliphatic carbocycles. The van der Waals surface area contributed by atoms with E-state index in [1.165, 1.54) is 5.56 Å². The molecule has 3 aromatic rings. The molecule has 7 heteroatoms. The van der Waals surface area contributed by atoms with E-state index in [0.717, 1.165) is 17.0 Å². The molecule has 0 radical (unpaired) electrons. The Balaban J connectivity index is 1.65. The van der Waals surface area contributed by atoms with Crippen LogP contribution in [0.15, 0.2) is 48.5 Å². The molecule has 6 nitrogen and oxygen atoms in total. The molecule has 2 N–H and O–H groups in total. The molecular weight excluding hydrogens is 384 g/mol. The van der Waals surface area contributed by atoms with Crippen LogP contribution < -0.4 is 10.1 Å². The van der Waals surface area contributed by atoms with Crippen LogP contribution in [0.3, 0.4) is 0 Å². The van der Waals surface area contributed by atoms with Gasteiger partial charge in [-0.2, -0.15) is 5.10 Å². The Hall–Kier alpha value is -2.93. The van der Waals surface area contributed by atoms with E-state index in [9.17, 15) is 4.79 Å². The van der Waals surface area contributed by atoms with Crippen LogP contribution in [0.2, 0.25) is 0 Å². The lowest BCUT2D eigenvalue weighted by Crippen LogP contribution is -2.15. The van der Waals surface area contributed by atoms with Crippen molar-refractivity contribution in [1.29, 1.82) is 0 Å². The minimum Gasteiger partial charge on any atom is -0.494 e. The number of H-pyrrole nitrogens is 1. The highest BCUT2D eigenvalue weighted by molar-refractivity contribution is 7.71. The number of nitrogens with zero attached hydrogens (tertiary/aromatic N) is 2. The van der Waals surface area contributed by atoms with Gasteiger partial charge in [-0.05, 0) is 67.0 Å². The van der Waals surface area contributed by atoms with Crippen molar-refractivity contribution >= 4 is 23.8 Å². The average Bonchev–Trinajstić information content (AvgIpc) is 3.08. The average molecular weight is 411 g/mol. The Morgan fingerprint density at radius 1 is 1.17 bits per heavy atom. The molecule has 3 rings (SSSR count). The summed E-state index contributed by atoms with van der Waals surface area (Å²) in [5.74, 6) is 1.90. The highest BCUT2D eigenvalue weighted by atomic mass is 32.1. The number of anilines is 1. The fourth-order valence-electron chi connectivity index (χ4n) is 3.00. The summed E-state index contributed by atoms with van der Waals surface area (Å²) in [6, 6.07) is 15.6. The Morgan fingerprint density at radius 2 is 1.86 bits per heavy atom. The number of carbonyl (C=O) groups excluding carboxylic acids is 1. The Morgan fingerprint density at radius 3 is 2.48 bits per heavy atom. The van der Waals surface area contributed by atoms with Gasteiger partial charge in [0.2, 0.25) is 5.91 Å². The number of nitrogens with one attached hydrogen (secondary N) is 2. The normalized spacial score (nSPS) is 10.9. The second kappa shape index (κ2) is 9.52. The minimum absolute atomic E-state index is 0.0666. The van der Waals surface area contributed by atoms with E-state index in [0.29, 0.717) is 36.1 Å². The quantitative estimate of drug-likeness (QED) is 0.503. The SMILES string of the molecule is CCOc1ccc(-c2n[nH]c(=S)n2CCC(=O)Nc2ccc(C(C)C)cc2)cc1. The van der Waals surface area contributed by atoms with Crippen LogP contribution in [-0.4, -0.2) is 27.3 Å². The molecule has 0 fully saturated rings. The third-order valence-corrected chi connectivity index (χ3v) is 4.92. The van der Waals surface area contributed by atoms with Crippen molar-refractivity contribution in [3.05, 3.63) is 58.9 Å². The van der Waals surface area contributed by atoms with Gasteiger partial charge in [-0.1, -0.05) is 26.0 Å². The second-order valence-electron chi connectivity index (χ2n) is 7.04. The molecule has 2 aromatic carbocycles. The second-order valence-corrected chi connectivity index (χ2v) is 7.42. The first-order valence-electron chi connectivity index (χ1n) is 9.76. The van der Waals surface area contributed by atoms with Gasteiger partial charge in [0.05, 0.1) is 6.61 Å². The van der Waals surface area contributed by atoms with E-state index in [4.69, 9.17) is 17.0 Å². The zero-order chi connectivity index (χ0) is 20.8. The van der Waals surface area contributed by atoms with Crippen molar-refractivity contribution in [1.82, 2.24) is 14.8 Å². The van der Waals surface area contributed by atoms with Gasteiger partial charge in [-0.3, -0.25) is 14.5 Å². The van der Waals surface area contributed by atoms with Crippen LogP contribution in [0, 0.1) is 4.77 Å². The smallest absolute Gasteiger partial charge is 0.226 e. The molecule has 0 unspecified atom stereocenters. The predicted octanol–water partition coefficient (Wildman–Crippen LogP) is 5.16. The molecule has 0 saturated carbocycles. The number of rotatable bonds is 8. The van der Waals surface area contributed by atoms with Gasteiger partial charge in [0.25, 0.3) is 0 Å². The first-order chi connectivity index (χ1) is 14.0. The largest absolute Gasteiger partial charge is 0.494 e. The van der Waals surface area contributed by atoms with Crippen LogP contribution in [0.4, 0.5) is 5.69 Å². The molecule has 0 aliphatic heterocycles. The Labute approximate surface area is 175 Å². The third kappa shape index (κ3) is 5.32. The molecule has 152 valence electrons. The van der Waals surface area contributed by atoms with E-state index in [2.05, 4.69) is 29.4 Å². The maximum atomic E-state index is 12.4. The van der Waals surface area contributed by atoms with Gasteiger partial charge in [0.1, 0.15) is 5.75 Å². The standard InChI is InChI=1S/C22H26N4O2S/c1-4-28-19-11-7-17(8-12-19)21-24-25-22(29)26(21)14-13-20(27)23-18-9-5-16(6-10-18)15(2)3/h5-12,15H,4,13-14H2,1-3H3,(H,23,27)(H,25,29). The fraction of sp³-hybridized carbons (Fsp3) is 0.318. The Kier molecular flexibility index (Phi) is 6.82. The molecule has 1 aromatic heterocycles. The van der Waals surface area contributed by atoms with Crippen LogP contribution >= 0.6 is 12.2 Å². The summed E-state index contributed by atoms with van der Waals surface area (Å²) in [5, 5.41) is 10.1. The lowest BCUT2D eigenvalue weighted by Gasteiger charge is -2.10. The predicted molar refractivity (Wildman–Crippen MR) is 118 cm³/mol. The van der Waals surface area contributed by atoms with Crippen molar-refractivity contribution in [2.45, 2.75) is 39.7 Å². The third-order valence-electron chi connectivity index (χ3n) is 4.61. The van der Waals surface area contributed by atoms with Gasteiger partial charge in [-0.15, -0.1) is 0 Å². The molecule has 1 heterocycles. The van der Waals surface area contributed by atoms with Crippen LogP contribution in [-0.2, 0) is 11.3 Å². The summed E-state index contributed by atoms with van der Waals surface area (Å²) in [6.45, 7) is 7.29. The molecule has 0 saturated heterocycles. The number of carbonyl (C=O) groups is 1. The van der Waals surface area contributed by atoms with Crippen LogP contribution in [0.25, 0.3) is 11.4 Å². The number of aromatic nitrogens is 3. The Bertz CT molecular complexity index is 1000. The summed E-state index contributed by atoms with van der Waals surface area (Å²) in [6.07, 6.45) is 0.295. The summed E-state index contributed by atoms with van der Waals surface area (Å²) < 4.78 is 7.81. The maximum Gasteiger partial charge on any atom is 0.226 e. The maximum absolute atomic E-state index is 12.4. The minimum atomic E-state index is -0.0666. The lowest BCUT2D eigenvalue weighted by molar-refractivity contribution is -0.116. The van der Waals surface area contributed by atoms with Crippen molar-refractivity contribution < 1.29 is 9.53 Å². The van der Waals surface area contributed by atoms with Gasteiger partial charge in [0, 0.05) is 24.2 Å². The van der Waals surface area contributed by atoms with E-state index in [-0.39, 0.29) is 5.91 Å². The zero-order valence-corrected chi connectivity index (χ0v) is 17.8. The van der Waals surface area contributed by atoms with E-state index >= 15 is 0 Å². The van der Waals surface area contributed by atoms with Gasteiger partial charge >= 0.3 is 0 Å². The first kappa shape index (κ1) is 20.8. The van der Waals surface area contributed by atoms with Gasteiger partial charge in [0.15, 0.2) is 10.6 Å². The summed E-state index contributed by atoms with van der Waals surface area (Å²) in [5.41, 5.74) is 2.94. The number of aromatic amines is 1. The van der Waals surface area contributed by atoms with Crippen molar-refractivity contribution in [2.24, 2.45) is 0 Å². The van der Waals surface area contributed by atoms with Crippen molar-refractivity contribution in [3.63, 3.8) is 0 Å². The summed E-state index contributed by atoms with van der Waals surface area (Å²) >= 11 is 5.35. The van der Waals surface area contributed by atoms with E-state index < -0.39 is 0 Å². The number of hydrogen-bond acceptors (Lipinski definition) is 4. The molecule has 29 heavy (non-hydrogen) atoms. The molecule has 0 atom stereocenters. The lowest BCUT2D eigenvalue weighted by atomic mass is 10.0. The van der Waals surface area contributed by atoms with E-state index in [1.807, 2.05) is 60.0 Å². The monoisotopic (exact) mass is 410 g/mol. The summed E-state index contributed by atoms with van der Waals surface area (Å²) in [7, 11) is 0. The van der Waals surface area contributed by atoms with Gasteiger partial charge < -0.3 is 10.1 Å². The fourth-order valence-corrected chi connectivity index (χ4v) is 3.22. The van der Waals surface area contributed by atoms with E-state index in [1.54, 1.807) is 0 Å². The molecular formula is C22H26N4O2S. The molecule has 0 spiro atoms. The topological polar surface area (TPSA) is 71.9 Å². The van der Waals surface area contributed by atoms with Crippen molar-refractivity contribution in [2.75, 3.05) is 11.9 Å². The number of hydrogen-bond donors (Lipinski definition) is 2. The van der Waals surface area contributed by atoms with Crippen LogP contribution in [0.1, 0.15) is 38.7 Å². The zero-order valence-electron chi connectivity index (χ0n) is 16.9. The highest BCUT2D eigenvalue weighted by Gasteiger charge is 2.11.